The molecule has 46 heavy (non-hydrogen) atoms. The number of ether oxygens (including phenoxy) is 2. The Bertz CT molecular complexity index is 2010. The molecular formula is C34H28ClN7O4. The summed E-state index contributed by atoms with van der Waals surface area (Å²) in [6, 6.07) is 28.8. The van der Waals surface area contributed by atoms with Crippen molar-refractivity contribution in [2.24, 2.45) is 0 Å². The van der Waals surface area contributed by atoms with Crippen molar-refractivity contribution in [1.82, 2.24) is 35.4 Å². The van der Waals surface area contributed by atoms with Crippen LogP contribution in [0.2, 0.25) is 5.02 Å². The van der Waals surface area contributed by atoms with Crippen LogP contribution < -0.4 is 14.8 Å². The Hall–Kier alpha value is -5.68. The van der Waals surface area contributed by atoms with Gasteiger partial charge >= 0.3 is 0 Å². The van der Waals surface area contributed by atoms with Gasteiger partial charge in [-0.15, -0.1) is 10.2 Å². The van der Waals surface area contributed by atoms with E-state index in [2.05, 4.69) is 25.7 Å². The molecule has 7 rings (SSSR count). The van der Waals surface area contributed by atoms with Crippen LogP contribution in [0.3, 0.4) is 0 Å². The summed E-state index contributed by atoms with van der Waals surface area (Å²) in [4.78, 5) is 34.6. The molecule has 12 heteroatoms. The van der Waals surface area contributed by atoms with Crippen LogP contribution in [-0.4, -0.2) is 48.7 Å². The van der Waals surface area contributed by atoms with Gasteiger partial charge in [0.2, 0.25) is 24.4 Å². The Morgan fingerprint density at radius 1 is 0.935 bits per heavy atom. The van der Waals surface area contributed by atoms with Crippen molar-refractivity contribution < 1.29 is 19.1 Å². The third-order valence-corrected chi connectivity index (χ3v) is 7.98. The van der Waals surface area contributed by atoms with E-state index < -0.39 is 6.04 Å². The van der Waals surface area contributed by atoms with Crippen molar-refractivity contribution in [2.75, 3.05) is 6.79 Å². The summed E-state index contributed by atoms with van der Waals surface area (Å²) in [6.07, 6.45) is 1.78. The molecule has 1 atom stereocenters. The van der Waals surface area contributed by atoms with Gasteiger partial charge in [-0.25, -0.2) is 0 Å². The number of aromatic amines is 1. The average molecular weight is 634 g/mol. The lowest BCUT2D eigenvalue weighted by atomic mass is 10.0. The van der Waals surface area contributed by atoms with Gasteiger partial charge in [0.05, 0.1) is 0 Å². The van der Waals surface area contributed by atoms with E-state index in [4.69, 9.17) is 21.1 Å². The Labute approximate surface area is 268 Å². The van der Waals surface area contributed by atoms with Gasteiger partial charge in [0.25, 0.3) is 0 Å². The molecule has 0 unspecified atom stereocenters. The van der Waals surface area contributed by atoms with Crippen molar-refractivity contribution in [3.8, 4) is 22.9 Å². The quantitative estimate of drug-likeness (QED) is 0.210. The van der Waals surface area contributed by atoms with Crippen molar-refractivity contribution in [2.45, 2.75) is 25.7 Å². The van der Waals surface area contributed by atoms with Crippen molar-refractivity contribution >= 4 is 34.3 Å². The maximum Gasteiger partial charge on any atom is 0.247 e. The van der Waals surface area contributed by atoms with Crippen LogP contribution in [0.25, 0.3) is 22.3 Å². The van der Waals surface area contributed by atoms with Gasteiger partial charge in [-0.2, -0.15) is 4.80 Å². The van der Waals surface area contributed by atoms with Gasteiger partial charge in [0.15, 0.2) is 11.5 Å². The predicted molar refractivity (Wildman–Crippen MR) is 171 cm³/mol. The number of benzene rings is 4. The number of tetrazole rings is 1. The number of para-hydroxylation sites is 1. The normalized spacial score (nSPS) is 12.6. The molecular weight excluding hydrogens is 606 g/mol. The molecule has 4 aromatic carbocycles. The highest BCUT2D eigenvalue weighted by Crippen LogP contribution is 2.35. The maximum absolute atomic E-state index is 14.3. The molecule has 6 aromatic rings. The van der Waals surface area contributed by atoms with E-state index in [1.807, 2.05) is 66.7 Å². The van der Waals surface area contributed by atoms with Crippen LogP contribution >= 0.6 is 11.6 Å². The first-order chi connectivity index (χ1) is 22.5. The smallest absolute Gasteiger partial charge is 0.247 e. The Morgan fingerprint density at radius 2 is 1.72 bits per heavy atom. The van der Waals surface area contributed by atoms with Crippen LogP contribution in [0.4, 0.5) is 0 Å². The molecule has 11 nitrogen and oxygen atoms in total. The summed E-state index contributed by atoms with van der Waals surface area (Å²) in [6.45, 7) is 0.252. The largest absolute Gasteiger partial charge is 0.454 e. The molecule has 230 valence electrons. The number of hydrogen-bond donors (Lipinski definition) is 2. The number of rotatable bonds is 10. The molecule has 1 aliphatic heterocycles. The van der Waals surface area contributed by atoms with Gasteiger partial charge in [0.1, 0.15) is 12.6 Å². The minimum Gasteiger partial charge on any atom is -0.454 e. The second-order valence-electron chi connectivity index (χ2n) is 10.8. The number of carbonyl (C=O) groups is 2. The number of hydrogen-bond acceptors (Lipinski definition) is 7. The highest BCUT2D eigenvalue weighted by Gasteiger charge is 2.34. The first-order valence-corrected chi connectivity index (χ1v) is 15.0. The highest BCUT2D eigenvalue weighted by molar-refractivity contribution is 6.30. The fraction of sp³-hybridized carbons (Fsp3) is 0.147. The summed E-state index contributed by atoms with van der Waals surface area (Å²) in [5, 5.41) is 17.2. The summed E-state index contributed by atoms with van der Waals surface area (Å²) in [5.41, 5.74) is 3.90. The van der Waals surface area contributed by atoms with E-state index in [9.17, 15) is 9.59 Å². The molecule has 1 aliphatic rings. The second kappa shape index (κ2) is 12.7. The topological polar surface area (TPSA) is 127 Å². The Morgan fingerprint density at radius 3 is 2.57 bits per heavy atom. The van der Waals surface area contributed by atoms with Crippen LogP contribution in [0.5, 0.6) is 11.5 Å². The zero-order chi connectivity index (χ0) is 31.5. The highest BCUT2D eigenvalue weighted by atomic mass is 35.5. The summed E-state index contributed by atoms with van der Waals surface area (Å²) in [5.74, 6) is 0.823. The lowest BCUT2D eigenvalue weighted by Crippen LogP contribution is -2.44. The fourth-order valence-electron chi connectivity index (χ4n) is 5.45. The first kappa shape index (κ1) is 29.1. The molecule has 2 aromatic heterocycles. The number of amides is 2. The zero-order valence-corrected chi connectivity index (χ0v) is 25.2. The van der Waals surface area contributed by atoms with E-state index in [1.165, 1.54) is 4.80 Å². The molecule has 0 radical (unpaired) electrons. The van der Waals surface area contributed by atoms with Crippen molar-refractivity contribution in [3.05, 3.63) is 125 Å². The summed E-state index contributed by atoms with van der Waals surface area (Å²) in [7, 11) is 0. The molecule has 0 aliphatic carbocycles. The molecule has 0 spiro atoms. The average Bonchev–Trinajstić information content (AvgIpc) is 3.85. The minimum absolute atomic E-state index is 0.0944. The molecule has 0 saturated carbocycles. The molecule has 0 fully saturated rings. The number of halogens is 1. The maximum atomic E-state index is 14.3. The summed E-state index contributed by atoms with van der Waals surface area (Å²) < 4.78 is 11.1. The van der Waals surface area contributed by atoms with Gasteiger partial charge < -0.3 is 24.7 Å². The van der Waals surface area contributed by atoms with E-state index in [-0.39, 0.29) is 31.7 Å². The van der Waals surface area contributed by atoms with Crippen LogP contribution in [0.15, 0.2) is 103 Å². The van der Waals surface area contributed by atoms with Gasteiger partial charge in [-0.3, -0.25) is 9.59 Å². The lowest BCUT2D eigenvalue weighted by Gasteiger charge is -2.31. The SMILES string of the molecule is O=C(NCc1ccccc1)[C@H](c1c[nH]c2ccccc12)N(Cc1ccc2c(c1)OCO2)C(=O)Cn1nnc(-c2ccc(Cl)cc2)n1. The predicted octanol–water partition coefficient (Wildman–Crippen LogP) is 5.29. The number of H-pyrrole nitrogens is 1. The van der Waals surface area contributed by atoms with E-state index in [1.54, 1.807) is 41.4 Å². The number of nitrogens with zero attached hydrogens (tertiary/aromatic N) is 5. The Balaban J connectivity index is 1.25. The van der Waals surface area contributed by atoms with Crippen molar-refractivity contribution in [3.63, 3.8) is 0 Å². The van der Waals surface area contributed by atoms with Gasteiger partial charge in [0, 0.05) is 46.3 Å². The number of carbonyl (C=O) groups excluding carboxylic acids is 2. The molecule has 0 bridgehead atoms. The zero-order valence-electron chi connectivity index (χ0n) is 24.5. The van der Waals surface area contributed by atoms with Gasteiger partial charge in [-0.1, -0.05) is 66.2 Å². The van der Waals surface area contributed by atoms with Crippen LogP contribution in [0, 0.1) is 0 Å². The lowest BCUT2D eigenvalue weighted by molar-refractivity contribution is -0.142. The standard InChI is InChI=1S/C34H28ClN7O4/c35-25-13-11-24(12-14-25)33-38-40-42(39-33)20-31(43)41(19-23-10-15-29-30(16-23)46-21-45-29)32(27-18-36-28-9-5-4-8-26(27)28)34(44)37-17-22-6-2-1-3-7-22/h1-16,18,32,36H,17,19-21H2,(H,37,44)/t32-/m0/s1. The molecule has 0 saturated heterocycles. The van der Waals surface area contributed by atoms with E-state index in [0.717, 1.165) is 22.0 Å². The third kappa shape index (κ3) is 6.13. The number of fused-ring (bicyclic) bond motifs is 2. The molecule has 2 N–H and O–H groups in total. The monoisotopic (exact) mass is 633 g/mol. The Kier molecular flexibility index (Phi) is 8.05. The molecule has 2 amide bonds. The summed E-state index contributed by atoms with van der Waals surface area (Å²) >= 11 is 6.04. The molecule has 3 heterocycles. The van der Waals surface area contributed by atoms with Gasteiger partial charge in [-0.05, 0) is 58.8 Å². The number of nitrogens with one attached hydrogen (secondary N) is 2. The second-order valence-corrected chi connectivity index (χ2v) is 11.2. The van der Waals surface area contributed by atoms with Crippen LogP contribution in [0.1, 0.15) is 22.7 Å². The van der Waals surface area contributed by atoms with Crippen molar-refractivity contribution in [1.29, 1.82) is 0 Å². The first-order valence-electron chi connectivity index (χ1n) is 14.6. The fourth-order valence-corrected chi connectivity index (χ4v) is 5.57. The van der Waals surface area contributed by atoms with E-state index in [0.29, 0.717) is 40.0 Å². The van der Waals surface area contributed by atoms with E-state index >= 15 is 0 Å². The minimum atomic E-state index is -1.00. The number of aromatic nitrogens is 5. The third-order valence-electron chi connectivity index (χ3n) is 7.73. The van der Waals surface area contributed by atoms with Crippen LogP contribution in [-0.2, 0) is 29.2 Å².